The van der Waals surface area contributed by atoms with Gasteiger partial charge < -0.3 is 15.5 Å². The maximum atomic E-state index is 13.6. The Balaban J connectivity index is 0.00000264. The van der Waals surface area contributed by atoms with Crippen molar-refractivity contribution in [1.82, 2.24) is 5.32 Å². The molecule has 2 aromatic rings. The molecule has 0 saturated heterocycles. The van der Waals surface area contributed by atoms with E-state index in [1.807, 2.05) is 19.1 Å². The van der Waals surface area contributed by atoms with Crippen LogP contribution in [0.4, 0.5) is 4.39 Å². The molecule has 0 bridgehead atoms. The first-order valence-electron chi connectivity index (χ1n) is 7.50. The Labute approximate surface area is 142 Å². The van der Waals surface area contributed by atoms with Crippen molar-refractivity contribution in [3.05, 3.63) is 65.5 Å². The lowest BCUT2D eigenvalue weighted by Crippen LogP contribution is -2.31. The zero-order chi connectivity index (χ0) is 15.9. The Hall–Kier alpha value is -1.62. The molecular formula is C18H23ClFNO2. The minimum Gasteiger partial charge on any atom is -0.508 e. The number of nitrogens with one attached hydrogen (secondary N) is 1. The lowest BCUT2D eigenvalue weighted by Gasteiger charge is -2.18. The number of aliphatic hydroxyl groups is 1. The van der Waals surface area contributed by atoms with Crippen LogP contribution in [0.5, 0.6) is 5.75 Å². The number of hydrogen-bond acceptors (Lipinski definition) is 3. The summed E-state index contributed by atoms with van der Waals surface area (Å²) in [6, 6.07) is 13.6. The summed E-state index contributed by atoms with van der Waals surface area (Å²) in [5.74, 6) is -0.114. The number of aryl methyl sites for hydroxylation is 1. The highest BCUT2D eigenvalue weighted by molar-refractivity contribution is 5.85. The van der Waals surface area contributed by atoms with Crippen LogP contribution in [0, 0.1) is 5.82 Å². The van der Waals surface area contributed by atoms with Crippen molar-refractivity contribution in [1.29, 1.82) is 0 Å². The van der Waals surface area contributed by atoms with Gasteiger partial charge in [-0.25, -0.2) is 4.39 Å². The van der Waals surface area contributed by atoms with Gasteiger partial charge in [0.2, 0.25) is 0 Å². The van der Waals surface area contributed by atoms with Crippen LogP contribution in [0.3, 0.4) is 0 Å². The molecule has 5 heteroatoms. The predicted molar refractivity (Wildman–Crippen MR) is 92.5 cm³/mol. The molecule has 0 saturated carbocycles. The molecule has 0 unspecified atom stereocenters. The van der Waals surface area contributed by atoms with E-state index < -0.39 is 6.10 Å². The molecule has 2 atom stereocenters. The van der Waals surface area contributed by atoms with Crippen LogP contribution < -0.4 is 5.32 Å². The molecule has 2 aromatic carbocycles. The molecule has 0 amide bonds. The molecule has 0 aromatic heterocycles. The molecule has 3 nitrogen and oxygen atoms in total. The third-order valence-corrected chi connectivity index (χ3v) is 3.73. The third kappa shape index (κ3) is 6.18. The average Bonchev–Trinajstić information content (AvgIpc) is 2.52. The van der Waals surface area contributed by atoms with E-state index in [4.69, 9.17) is 0 Å². The van der Waals surface area contributed by atoms with E-state index in [1.165, 1.54) is 6.07 Å². The molecule has 0 aliphatic rings. The molecule has 0 spiro atoms. The third-order valence-electron chi connectivity index (χ3n) is 3.73. The van der Waals surface area contributed by atoms with Crippen LogP contribution in [-0.4, -0.2) is 22.8 Å². The van der Waals surface area contributed by atoms with Crippen molar-refractivity contribution >= 4 is 12.4 Å². The minimum atomic E-state index is -0.850. The number of phenols is 1. The van der Waals surface area contributed by atoms with Crippen molar-refractivity contribution in [2.45, 2.75) is 31.9 Å². The molecule has 23 heavy (non-hydrogen) atoms. The zero-order valence-electron chi connectivity index (χ0n) is 13.1. The largest absolute Gasteiger partial charge is 0.508 e. The summed E-state index contributed by atoms with van der Waals surface area (Å²) < 4.78 is 13.6. The predicted octanol–water partition coefficient (Wildman–Crippen LogP) is 3.60. The number of phenolic OH excluding ortho intramolecular Hbond substituents is 1. The number of halogens is 2. The number of benzene rings is 2. The van der Waals surface area contributed by atoms with E-state index in [1.54, 1.807) is 30.3 Å². The summed E-state index contributed by atoms with van der Waals surface area (Å²) in [7, 11) is 0. The SMILES string of the molecule is C[C@@H](CCc1ccc(O)cc1)NC[C@H](O)c1ccccc1F.Cl. The number of hydrogen-bond donors (Lipinski definition) is 3. The first kappa shape index (κ1) is 19.4. The van der Waals surface area contributed by atoms with Gasteiger partial charge in [0.15, 0.2) is 0 Å². The van der Waals surface area contributed by atoms with Crippen molar-refractivity contribution in [3.8, 4) is 5.75 Å². The first-order chi connectivity index (χ1) is 10.6. The Bertz CT molecular complexity index is 592. The highest BCUT2D eigenvalue weighted by atomic mass is 35.5. The summed E-state index contributed by atoms with van der Waals surface area (Å²) in [4.78, 5) is 0. The summed E-state index contributed by atoms with van der Waals surface area (Å²) in [5, 5.41) is 22.5. The molecule has 0 radical (unpaired) electrons. The number of aromatic hydroxyl groups is 1. The molecule has 2 rings (SSSR count). The molecule has 0 aliphatic carbocycles. The average molecular weight is 340 g/mol. The smallest absolute Gasteiger partial charge is 0.129 e. The first-order valence-corrected chi connectivity index (χ1v) is 7.50. The lowest BCUT2D eigenvalue weighted by atomic mass is 10.0. The second-order valence-corrected chi connectivity index (χ2v) is 5.55. The number of aliphatic hydroxyl groups excluding tert-OH is 1. The van der Waals surface area contributed by atoms with Crippen molar-refractivity contribution in [2.75, 3.05) is 6.54 Å². The molecular weight excluding hydrogens is 317 g/mol. The van der Waals surface area contributed by atoms with Gasteiger partial charge in [-0.2, -0.15) is 0 Å². The Kier molecular flexibility index (Phi) is 8.03. The summed E-state index contributed by atoms with van der Waals surface area (Å²) in [5.41, 5.74) is 1.47. The molecule has 0 heterocycles. The van der Waals surface area contributed by atoms with Gasteiger partial charge in [0.25, 0.3) is 0 Å². The topological polar surface area (TPSA) is 52.5 Å². The maximum absolute atomic E-state index is 13.6. The Morgan fingerprint density at radius 2 is 1.74 bits per heavy atom. The standard InChI is InChI=1S/C18H22FNO2.ClH/c1-13(6-7-14-8-10-15(21)11-9-14)20-12-18(22)16-4-2-3-5-17(16)19;/h2-5,8-11,13,18,20-22H,6-7,12H2,1H3;1H/t13-,18-;/m0./s1. The molecule has 3 N–H and O–H groups in total. The second-order valence-electron chi connectivity index (χ2n) is 5.55. The second kappa shape index (κ2) is 9.50. The monoisotopic (exact) mass is 339 g/mol. The van der Waals surface area contributed by atoms with Gasteiger partial charge >= 0.3 is 0 Å². The minimum absolute atomic E-state index is 0. The van der Waals surface area contributed by atoms with E-state index in [9.17, 15) is 14.6 Å². The number of rotatable bonds is 7. The van der Waals surface area contributed by atoms with E-state index in [0.717, 1.165) is 18.4 Å². The maximum Gasteiger partial charge on any atom is 0.129 e. The van der Waals surface area contributed by atoms with Gasteiger partial charge in [0.1, 0.15) is 11.6 Å². The fourth-order valence-electron chi connectivity index (χ4n) is 2.32. The van der Waals surface area contributed by atoms with Crippen molar-refractivity contribution in [2.24, 2.45) is 0 Å². The fraction of sp³-hybridized carbons (Fsp3) is 0.333. The highest BCUT2D eigenvalue weighted by Crippen LogP contribution is 2.16. The quantitative estimate of drug-likeness (QED) is 0.722. The molecule has 0 fully saturated rings. The van der Waals surface area contributed by atoms with E-state index in [0.29, 0.717) is 12.1 Å². The van der Waals surface area contributed by atoms with Crippen LogP contribution in [0.1, 0.15) is 30.6 Å². The molecule has 0 aliphatic heterocycles. The van der Waals surface area contributed by atoms with Gasteiger partial charge in [-0.3, -0.25) is 0 Å². The zero-order valence-corrected chi connectivity index (χ0v) is 13.9. The Morgan fingerprint density at radius 1 is 1.09 bits per heavy atom. The van der Waals surface area contributed by atoms with Gasteiger partial charge in [-0.15, -0.1) is 12.4 Å². The van der Waals surface area contributed by atoms with E-state index in [2.05, 4.69) is 5.32 Å². The highest BCUT2D eigenvalue weighted by Gasteiger charge is 2.13. The summed E-state index contributed by atoms with van der Waals surface area (Å²) >= 11 is 0. The van der Waals surface area contributed by atoms with Crippen LogP contribution in [-0.2, 0) is 6.42 Å². The van der Waals surface area contributed by atoms with Gasteiger partial charge in [-0.1, -0.05) is 30.3 Å². The van der Waals surface area contributed by atoms with E-state index in [-0.39, 0.29) is 30.0 Å². The summed E-state index contributed by atoms with van der Waals surface area (Å²) in [6.45, 7) is 2.35. The lowest BCUT2D eigenvalue weighted by molar-refractivity contribution is 0.165. The van der Waals surface area contributed by atoms with Gasteiger partial charge in [0.05, 0.1) is 6.10 Å². The molecule has 126 valence electrons. The Morgan fingerprint density at radius 3 is 2.39 bits per heavy atom. The summed E-state index contributed by atoms with van der Waals surface area (Å²) in [6.07, 6.45) is 0.927. The fourth-order valence-corrected chi connectivity index (χ4v) is 2.32. The normalized spacial score (nSPS) is 13.2. The van der Waals surface area contributed by atoms with Gasteiger partial charge in [-0.05, 0) is 43.5 Å². The van der Waals surface area contributed by atoms with Crippen molar-refractivity contribution < 1.29 is 14.6 Å². The van der Waals surface area contributed by atoms with E-state index >= 15 is 0 Å². The van der Waals surface area contributed by atoms with Crippen molar-refractivity contribution in [3.63, 3.8) is 0 Å². The van der Waals surface area contributed by atoms with Crippen LogP contribution in [0.2, 0.25) is 0 Å². The van der Waals surface area contributed by atoms with Gasteiger partial charge in [0, 0.05) is 18.2 Å². The van der Waals surface area contributed by atoms with Crippen LogP contribution in [0.25, 0.3) is 0 Å². The van der Waals surface area contributed by atoms with Crippen LogP contribution >= 0.6 is 12.4 Å². The van der Waals surface area contributed by atoms with Crippen LogP contribution in [0.15, 0.2) is 48.5 Å².